The lowest BCUT2D eigenvalue weighted by atomic mass is 9.85. The zero-order chi connectivity index (χ0) is 17.3. The molecule has 0 aliphatic heterocycles. The quantitative estimate of drug-likeness (QED) is 0.700. The van der Waals surface area contributed by atoms with Gasteiger partial charge >= 0.3 is 5.97 Å². The van der Waals surface area contributed by atoms with E-state index in [1.807, 2.05) is 0 Å². The molecule has 2 rings (SSSR count). The number of carboxylic acid groups (broad SMARTS) is 1. The Hall–Kier alpha value is -1.93. The molecule has 0 atom stereocenters. The maximum Gasteiger partial charge on any atom is 0.319 e. The van der Waals surface area contributed by atoms with E-state index in [-0.39, 0.29) is 23.4 Å². The van der Waals surface area contributed by atoms with Gasteiger partial charge in [-0.1, -0.05) is 25.8 Å². The molecule has 1 aliphatic carbocycles. The predicted molar refractivity (Wildman–Crippen MR) is 84.4 cm³/mol. The van der Waals surface area contributed by atoms with Gasteiger partial charge < -0.3 is 10.4 Å². The Morgan fingerprint density at radius 2 is 1.91 bits per heavy atom. The van der Waals surface area contributed by atoms with Crippen molar-refractivity contribution < 1.29 is 23.1 Å². The molecule has 0 bridgehead atoms. The average molecular weight is 340 g/mol. The molecule has 0 heterocycles. The Balaban J connectivity index is 2.33. The Bertz CT molecular complexity index is 736. The molecule has 0 radical (unpaired) electrons. The van der Waals surface area contributed by atoms with Gasteiger partial charge in [-0.15, -0.1) is 0 Å². The van der Waals surface area contributed by atoms with Crippen LogP contribution in [-0.4, -0.2) is 25.4 Å². The molecule has 1 aromatic rings. The van der Waals surface area contributed by atoms with Crippen molar-refractivity contribution >= 4 is 27.6 Å². The minimum Gasteiger partial charge on any atom is -0.480 e. The standard InChI is InChI=1S/C15H20N2O5S/c1-2-10-5-6-11(9-12(10)23(16,21)22)17-13(18)15(14(19)20)7-3-4-8-15/h5-6,9H,2-4,7-8H2,1H3,(H,17,18)(H,19,20)(H2,16,21,22). The van der Waals surface area contributed by atoms with Crippen LogP contribution in [0, 0.1) is 5.41 Å². The zero-order valence-corrected chi connectivity index (χ0v) is 13.6. The van der Waals surface area contributed by atoms with Gasteiger partial charge in [-0.05, 0) is 37.0 Å². The fourth-order valence-corrected chi connectivity index (χ4v) is 3.83. The molecule has 126 valence electrons. The lowest BCUT2D eigenvalue weighted by Crippen LogP contribution is -2.40. The van der Waals surface area contributed by atoms with Gasteiger partial charge in [0, 0.05) is 5.69 Å². The summed E-state index contributed by atoms with van der Waals surface area (Å²) in [5.74, 6) is -1.77. The highest BCUT2D eigenvalue weighted by molar-refractivity contribution is 7.89. The van der Waals surface area contributed by atoms with Gasteiger partial charge in [0.1, 0.15) is 5.41 Å². The summed E-state index contributed by atoms with van der Waals surface area (Å²) in [4.78, 5) is 23.9. The van der Waals surface area contributed by atoms with Crippen LogP contribution in [0.4, 0.5) is 5.69 Å². The van der Waals surface area contributed by atoms with Crippen molar-refractivity contribution in [3.05, 3.63) is 23.8 Å². The second kappa shape index (κ2) is 6.29. The van der Waals surface area contributed by atoms with Crippen LogP contribution < -0.4 is 10.5 Å². The Labute approximate surface area is 134 Å². The summed E-state index contributed by atoms with van der Waals surface area (Å²) < 4.78 is 23.3. The normalized spacial score (nSPS) is 17.0. The van der Waals surface area contributed by atoms with Crippen molar-refractivity contribution in [3.8, 4) is 0 Å². The fraction of sp³-hybridized carbons (Fsp3) is 0.467. The Kier molecular flexibility index (Phi) is 4.76. The number of amides is 1. The zero-order valence-electron chi connectivity index (χ0n) is 12.8. The maximum absolute atomic E-state index is 12.4. The smallest absolute Gasteiger partial charge is 0.319 e. The number of hydrogen-bond acceptors (Lipinski definition) is 4. The number of carboxylic acids is 1. The molecule has 8 heteroatoms. The summed E-state index contributed by atoms with van der Waals surface area (Å²) >= 11 is 0. The highest BCUT2D eigenvalue weighted by Gasteiger charge is 2.48. The van der Waals surface area contributed by atoms with E-state index in [1.54, 1.807) is 19.1 Å². The molecule has 1 saturated carbocycles. The Morgan fingerprint density at radius 1 is 1.30 bits per heavy atom. The number of aliphatic carboxylic acids is 1. The van der Waals surface area contributed by atoms with Crippen LogP contribution in [-0.2, 0) is 26.0 Å². The molecular formula is C15H20N2O5S. The number of anilines is 1. The summed E-state index contributed by atoms with van der Waals surface area (Å²) in [6, 6.07) is 4.39. The van der Waals surface area contributed by atoms with E-state index in [0.29, 0.717) is 24.8 Å². The Morgan fingerprint density at radius 3 is 2.39 bits per heavy atom. The first-order chi connectivity index (χ1) is 10.7. The third kappa shape index (κ3) is 3.37. The first-order valence-electron chi connectivity index (χ1n) is 7.41. The SMILES string of the molecule is CCc1ccc(NC(=O)C2(C(=O)O)CCCC2)cc1S(N)(=O)=O. The minimum atomic E-state index is -3.92. The summed E-state index contributed by atoms with van der Waals surface area (Å²) in [7, 11) is -3.92. The first-order valence-corrected chi connectivity index (χ1v) is 8.96. The van der Waals surface area contributed by atoms with E-state index in [2.05, 4.69) is 5.32 Å². The van der Waals surface area contributed by atoms with Gasteiger partial charge in [0.15, 0.2) is 0 Å². The average Bonchev–Trinajstić information content (AvgIpc) is 2.97. The van der Waals surface area contributed by atoms with Gasteiger partial charge in [0.2, 0.25) is 15.9 Å². The fourth-order valence-electron chi connectivity index (χ4n) is 2.96. The van der Waals surface area contributed by atoms with E-state index >= 15 is 0 Å². The highest BCUT2D eigenvalue weighted by Crippen LogP contribution is 2.39. The van der Waals surface area contributed by atoms with Crippen molar-refractivity contribution in [2.75, 3.05) is 5.32 Å². The largest absolute Gasteiger partial charge is 0.480 e. The number of primary sulfonamides is 1. The molecule has 0 spiro atoms. The summed E-state index contributed by atoms with van der Waals surface area (Å²) in [6.07, 6.45) is 2.39. The molecule has 1 aromatic carbocycles. The molecule has 23 heavy (non-hydrogen) atoms. The number of sulfonamides is 1. The van der Waals surface area contributed by atoms with Crippen molar-refractivity contribution in [1.29, 1.82) is 0 Å². The number of nitrogens with two attached hydrogens (primary N) is 1. The van der Waals surface area contributed by atoms with E-state index in [4.69, 9.17) is 5.14 Å². The van der Waals surface area contributed by atoms with Gasteiger partial charge in [0.05, 0.1) is 4.90 Å². The molecule has 4 N–H and O–H groups in total. The van der Waals surface area contributed by atoms with Crippen molar-refractivity contribution in [2.45, 2.75) is 43.9 Å². The van der Waals surface area contributed by atoms with Crippen LogP contribution in [0.5, 0.6) is 0 Å². The predicted octanol–water partition coefficient (Wildman–Crippen LogP) is 1.48. The molecule has 0 unspecified atom stereocenters. The van der Waals surface area contributed by atoms with Gasteiger partial charge in [-0.3, -0.25) is 9.59 Å². The number of benzene rings is 1. The number of nitrogens with one attached hydrogen (secondary N) is 1. The van der Waals surface area contributed by atoms with Crippen LogP contribution >= 0.6 is 0 Å². The van der Waals surface area contributed by atoms with Crippen LogP contribution in [0.2, 0.25) is 0 Å². The third-order valence-electron chi connectivity index (χ3n) is 4.31. The van der Waals surface area contributed by atoms with Crippen molar-refractivity contribution in [3.63, 3.8) is 0 Å². The van der Waals surface area contributed by atoms with Crippen LogP contribution in [0.15, 0.2) is 23.1 Å². The van der Waals surface area contributed by atoms with Gasteiger partial charge in [-0.25, -0.2) is 13.6 Å². The molecule has 0 aromatic heterocycles. The number of carbonyl (C=O) groups excluding carboxylic acids is 1. The summed E-state index contributed by atoms with van der Waals surface area (Å²) in [6.45, 7) is 1.79. The number of rotatable bonds is 5. The minimum absolute atomic E-state index is 0.0615. The summed E-state index contributed by atoms with van der Waals surface area (Å²) in [5, 5.41) is 17.1. The molecule has 1 amide bonds. The molecular weight excluding hydrogens is 320 g/mol. The topological polar surface area (TPSA) is 127 Å². The van der Waals surface area contributed by atoms with E-state index in [1.165, 1.54) is 6.07 Å². The first kappa shape index (κ1) is 17.4. The van der Waals surface area contributed by atoms with Crippen molar-refractivity contribution in [1.82, 2.24) is 0 Å². The van der Waals surface area contributed by atoms with Gasteiger partial charge in [-0.2, -0.15) is 0 Å². The lowest BCUT2D eigenvalue weighted by molar-refractivity contribution is -0.153. The van der Waals surface area contributed by atoms with Crippen LogP contribution in [0.1, 0.15) is 38.2 Å². The van der Waals surface area contributed by atoms with Crippen LogP contribution in [0.25, 0.3) is 0 Å². The maximum atomic E-state index is 12.4. The second-order valence-electron chi connectivity index (χ2n) is 5.77. The third-order valence-corrected chi connectivity index (χ3v) is 5.31. The van der Waals surface area contributed by atoms with E-state index < -0.39 is 27.3 Å². The van der Waals surface area contributed by atoms with Crippen LogP contribution in [0.3, 0.4) is 0 Å². The summed E-state index contributed by atoms with van der Waals surface area (Å²) in [5.41, 5.74) is -0.673. The number of hydrogen-bond donors (Lipinski definition) is 3. The number of aryl methyl sites for hydroxylation is 1. The van der Waals surface area contributed by atoms with Gasteiger partial charge in [0.25, 0.3) is 0 Å². The molecule has 1 aliphatic rings. The molecule has 1 fully saturated rings. The van der Waals surface area contributed by atoms with E-state index in [0.717, 1.165) is 0 Å². The molecule has 0 saturated heterocycles. The lowest BCUT2D eigenvalue weighted by Gasteiger charge is -2.22. The second-order valence-corrected chi connectivity index (χ2v) is 7.30. The van der Waals surface area contributed by atoms with E-state index in [9.17, 15) is 23.1 Å². The number of carbonyl (C=O) groups is 2. The van der Waals surface area contributed by atoms with Crippen molar-refractivity contribution in [2.24, 2.45) is 10.6 Å². The molecule has 7 nitrogen and oxygen atoms in total. The monoisotopic (exact) mass is 340 g/mol. The highest BCUT2D eigenvalue weighted by atomic mass is 32.2.